The molecule has 6 rings (SSSR count). The normalized spacial score (nSPS) is 18.0. The summed E-state index contributed by atoms with van der Waals surface area (Å²) in [5.74, 6) is 1.000. The van der Waals surface area contributed by atoms with E-state index in [9.17, 15) is 4.39 Å². The molecule has 2 aromatic heterocycles. The molecular weight excluding hydrogens is 419 g/mol. The van der Waals surface area contributed by atoms with E-state index in [0.717, 1.165) is 53.2 Å². The highest BCUT2D eigenvalue weighted by molar-refractivity contribution is 5.94. The molecule has 0 spiro atoms. The molecule has 1 fully saturated rings. The molecule has 2 aliphatic rings. The van der Waals surface area contributed by atoms with Crippen LogP contribution in [0.2, 0.25) is 0 Å². The Hall–Kier alpha value is -3.58. The first kappa shape index (κ1) is 20.1. The number of piperazine rings is 1. The SMILES string of the molecule is COc1cccc(F)c1-c1ccc2[nH]cc(-c3ccc4c(c3)OCC3CN(C)CCN43)c2n1. The van der Waals surface area contributed by atoms with Crippen molar-refractivity contribution in [2.24, 2.45) is 0 Å². The molecule has 0 amide bonds. The first-order chi connectivity index (χ1) is 16.1. The van der Waals surface area contributed by atoms with E-state index >= 15 is 0 Å². The van der Waals surface area contributed by atoms with Crippen LogP contribution in [-0.2, 0) is 0 Å². The maximum Gasteiger partial charge on any atom is 0.143 e. The first-order valence-corrected chi connectivity index (χ1v) is 11.2. The van der Waals surface area contributed by atoms with Crippen molar-refractivity contribution in [2.45, 2.75) is 6.04 Å². The van der Waals surface area contributed by atoms with E-state index in [1.165, 1.54) is 13.2 Å². The second-order valence-electron chi connectivity index (χ2n) is 8.72. The molecule has 1 saturated heterocycles. The number of ether oxygens (including phenoxy) is 2. The van der Waals surface area contributed by atoms with Gasteiger partial charge in [0.05, 0.1) is 41.1 Å². The van der Waals surface area contributed by atoms with Gasteiger partial charge in [-0.1, -0.05) is 12.1 Å². The highest BCUT2D eigenvalue weighted by Gasteiger charge is 2.32. The lowest BCUT2D eigenvalue weighted by atomic mass is 10.0. The molecule has 168 valence electrons. The fourth-order valence-electron chi connectivity index (χ4n) is 4.97. The van der Waals surface area contributed by atoms with Crippen molar-refractivity contribution >= 4 is 16.7 Å². The van der Waals surface area contributed by atoms with Crippen LogP contribution in [0.5, 0.6) is 11.5 Å². The molecule has 33 heavy (non-hydrogen) atoms. The molecule has 0 aliphatic carbocycles. The number of hydrogen-bond acceptors (Lipinski definition) is 5. The molecule has 0 saturated carbocycles. The number of H-pyrrole nitrogens is 1. The molecule has 2 aliphatic heterocycles. The summed E-state index contributed by atoms with van der Waals surface area (Å²) >= 11 is 0. The Kier molecular flexibility index (Phi) is 4.73. The summed E-state index contributed by atoms with van der Waals surface area (Å²) in [4.78, 5) is 12.9. The number of methoxy groups -OCH3 is 1. The summed E-state index contributed by atoms with van der Waals surface area (Å²) in [5.41, 5.74) is 5.68. The van der Waals surface area contributed by atoms with Crippen molar-refractivity contribution in [1.29, 1.82) is 0 Å². The van der Waals surface area contributed by atoms with Gasteiger partial charge in [0, 0.05) is 31.4 Å². The Morgan fingerprint density at radius 2 is 2.06 bits per heavy atom. The average molecular weight is 445 g/mol. The maximum absolute atomic E-state index is 14.7. The van der Waals surface area contributed by atoms with Gasteiger partial charge in [0.25, 0.3) is 0 Å². The standard InChI is InChI=1S/C26H25FN4O2/c1-30-10-11-31-17(14-30)15-33-24-12-16(6-9-22(24)31)18-13-28-21-8-7-20(29-26(18)21)25-19(27)4-3-5-23(25)32-2/h3-9,12-13,17,28H,10-11,14-15H2,1-2H3. The van der Waals surface area contributed by atoms with Crippen molar-refractivity contribution in [2.75, 3.05) is 45.3 Å². The van der Waals surface area contributed by atoms with Gasteiger partial charge < -0.3 is 24.3 Å². The minimum atomic E-state index is -0.359. The molecular formula is C26H25FN4O2. The van der Waals surface area contributed by atoms with Crippen molar-refractivity contribution in [3.05, 3.63) is 60.5 Å². The Balaban J connectivity index is 1.41. The van der Waals surface area contributed by atoms with Gasteiger partial charge in [-0.25, -0.2) is 9.37 Å². The molecule has 0 bridgehead atoms. The number of nitrogens with zero attached hydrogens (tertiary/aromatic N) is 3. The molecule has 2 aromatic carbocycles. The second kappa shape index (κ2) is 7.78. The van der Waals surface area contributed by atoms with Crippen molar-refractivity contribution in [3.8, 4) is 33.9 Å². The van der Waals surface area contributed by atoms with E-state index in [1.54, 1.807) is 12.1 Å². The van der Waals surface area contributed by atoms with Crippen molar-refractivity contribution in [3.63, 3.8) is 0 Å². The monoisotopic (exact) mass is 444 g/mol. The molecule has 7 heteroatoms. The summed E-state index contributed by atoms with van der Waals surface area (Å²) in [6.45, 7) is 3.74. The predicted octanol–water partition coefficient (Wildman–Crippen LogP) is 4.56. The summed E-state index contributed by atoms with van der Waals surface area (Å²) in [5, 5.41) is 0. The Bertz CT molecular complexity index is 1350. The van der Waals surface area contributed by atoms with Crippen LogP contribution in [0, 0.1) is 5.82 Å². The van der Waals surface area contributed by atoms with Gasteiger partial charge >= 0.3 is 0 Å². The number of hydrogen-bond donors (Lipinski definition) is 1. The lowest BCUT2D eigenvalue weighted by molar-refractivity contribution is 0.188. The van der Waals surface area contributed by atoms with Gasteiger partial charge in [0.1, 0.15) is 23.9 Å². The summed E-state index contributed by atoms with van der Waals surface area (Å²) < 4.78 is 26.2. The van der Waals surface area contributed by atoms with Crippen LogP contribution in [0.3, 0.4) is 0 Å². The largest absolute Gasteiger partial charge is 0.496 e. The van der Waals surface area contributed by atoms with Gasteiger partial charge in [-0.15, -0.1) is 0 Å². The maximum atomic E-state index is 14.7. The first-order valence-electron chi connectivity index (χ1n) is 11.2. The van der Waals surface area contributed by atoms with Gasteiger partial charge in [0.15, 0.2) is 0 Å². The third-order valence-electron chi connectivity index (χ3n) is 6.67. The van der Waals surface area contributed by atoms with E-state index in [4.69, 9.17) is 14.5 Å². The molecule has 6 nitrogen and oxygen atoms in total. The quantitative estimate of drug-likeness (QED) is 0.502. The number of benzene rings is 2. The average Bonchev–Trinajstić information content (AvgIpc) is 3.26. The zero-order chi connectivity index (χ0) is 22.5. The summed E-state index contributed by atoms with van der Waals surface area (Å²) in [7, 11) is 3.70. The Labute approximate surface area is 191 Å². The number of aromatic amines is 1. The highest BCUT2D eigenvalue weighted by atomic mass is 19.1. The number of fused-ring (bicyclic) bond motifs is 4. The number of pyridine rings is 1. The topological polar surface area (TPSA) is 53.6 Å². The van der Waals surface area contributed by atoms with Crippen LogP contribution >= 0.6 is 0 Å². The molecule has 1 N–H and O–H groups in total. The Morgan fingerprint density at radius 3 is 2.94 bits per heavy atom. The van der Waals surface area contributed by atoms with E-state index < -0.39 is 0 Å². The second-order valence-corrected chi connectivity index (χ2v) is 8.72. The van der Waals surface area contributed by atoms with E-state index in [0.29, 0.717) is 29.7 Å². The lowest BCUT2D eigenvalue weighted by Gasteiger charge is -2.44. The molecule has 1 unspecified atom stereocenters. The zero-order valence-electron chi connectivity index (χ0n) is 18.6. The van der Waals surface area contributed by atoms with Crippen LogP contribution in [-0.4, -0.2) is 61.3 Å². The number of rotatable bonds is 3. The molecule has 0 radical (unpaired) electrons. The van der Waals surface area contributed by atoms with Gasteiger partial charge in [0.2, 0.25) is 0 Å². The van der Waals surface area contributed by atoms with Gasteiger partial charge in [-0.3, -0.25) is 0 Å². The number of halogens is 1. The van der Waals surface area contributed by atoms with Gasteiger partial charge in [-0.2, -0.15) is 0 Å². The minimum Gasteiger partial charge on any atom is -0.496 e. The third-order valence-corrected chi connectivity index (χ3v) is 6.67. The van der Waals surface area contributed by atoms with Crippen molar-refractivity contribution in [1.82, 2.24) is 14.9 Å². The molecule has 1 atom stereocenters. The molecule has 4 heterocycles. The van der Waals surface area contributed by atoms with Crippen LogP contribution in [0.15, 0.2) is 54.7 Å². The zero-order valence-corrected chi connectivity index (χ0v) is 18.6. The lowest BCUT2D eigenvalue weighted by Crippen LogP contribution is -2.56. The number of aromatic nitrogens is 2. The Morgan fingerprint density at radius 1 is 1.15 bits per heavy atom. The summed E-state index contributed by atoms with van der Waals surface area (Å²) in [6.07, 6.45) is 1.95. The van der Waals surface area contributed by atoms with E-state index in [1.807, 2.05) is 18.3 Å². The van der Waals surface area contributed by atoms with Gasteiger partial charge in [-0.05, 0) is 49.0 Å². The number of nitrogens with one attached hydrogen (secondary N) is 1. The minimum absolute atomic E-state index is 0.359. The van der Waals surface area contributed by atoms with Crippen LogP contribution in [0.1, 0.15) is 0 Å². The molecule has 4 aromatic rings. The van der Waals surface area contributed by atoms with E-state index in [2.05, 4.69) is 40.0 Å². The predicted molar refractivity (Wildman–Crippen MR) is 128 cm³/mol. The fourth-order valence-corrected chi connectivity index (χ4v) is 4.97. The van der Waals surface area contributed by atoms with Crippen LogP contribution in [0.25, 0.3) is 33.4 Å². The van der Waals surface area contributed by atoms with Crippen molar-refractivity contribution < 1.29 is 13.9 Å². The summed E-state index contributed by atoms with van der Waals surface area (Å²) in [6, 6.07) is 15.3. The van der Waals surface area contributed by atoms with Crippen LogP contribution in [0.4, 0.5) is 10.1 Å². The van der Waals surface area contributed by atoms with Crippen LogP contribution < -0.4 is 14.4 Å². The fraction of sp³-hybridized carbons (Fsp3) is 0.269. The highest BCUT2D eigenvalue weighted by Crippen LogP contribution is 2.40. The number of anilines is 1. The smallest absolute Gasteiger partial charge is 0.143 e. The number of likely N-dealkylation sites (N-methyl/N-ethyl adjacent to an activating group) is 1. The van der Waals surface area contributed by atoms with E-state index in [-0.39, 0.29) is 5.82 Å². The third kappa shape index (κ3) is 3.31.